The lowest BCUT2D eigenvalue weighted by atomic mass is 10.1. The fourth-order valence-corrected chi connectivity index (χ4v) is 2.28. The summed E-state index contributed by atoms with van der Waals surface area (Å²) in [5.74, 6) is 0.517. The molecule has 3 rings (SSSR count). The van der Waals surface area contributed by atoms with Crippen LogP contribution in [0.2, 0.25) is 0 Å². The second-order valence-corrected chi connectivity index (χ2v) is 5.12. The van der Waals surface area contributed by atoms with Crippen LogP contribution in [0.25, 0.3) is 0 Å². The van der Waals surface area contributed by atoms with E-state index in [0.717, 1.165) is 19.4 Å². The van der Waals surface area contributed by atoms with Crippen LogP contribution >= 0.6 is 0 Å². The molecule has 2 aromatic rings. The molecule has 0 saturated heterocycles. The van der Waals surface area contributed by atoms with Crippen molar-refractivity contribution in [3.63, 3.8) is 0 Å². The van der Waals surface area contributed by atoms with E-state index in [1.165, 1.54) is 0 Å². The largest absolute Gasteiger partial charge is 0.465 e. The molecule has 1 N–H and O–H groups in total. The number of furan rings is 1. The van der Waals surface area contributed by atoms with Gasteiger partial charge in [0.2, 0.25) is 0 Å². The first-order valence-corrected chi connectivity index (χ1v) is 7.33. The number of oxime groups is 1. The maximum atomic E-state index is 12.0. The maximum absolute atomic E-state index is 12.0. The van der Waals surface area contributed by atoms with Gasteiger partial charge in [-0.3, -0.25) is 4.79 Å². The average Bonchev–Trinajstić information content (AvgIpc) is 3.26. The number of aromatic nitrogens is 2. The van der Waals surface area contributed by atoms with Gasteiger partial charge in [0.25, 0.3) is 5.91 Å². The van der Waals surface area contributed by atoms with E-state index in [4.69, 9.17) is 9.25 Å². The minimum atomic E-state index is -0.294. The van der Waals surface area contributed by atoms with Crippen LogP contribution in [-0.2, 0) is 16.2 Å². The van der Waals surface area contributed by atoms with Gasteiger partial charge in [-0.25, -0.2) is 4.98 Å². The van der Waals surface area contributed by atoms with Crippen LogP contribution < -0.4 is 5.32 Å². The van der Waals surface area contributed by atoms with E-state index < -0.39 is 0 Å². The molecule has 0 spiro atoms. The van der Waals surface area contributed by atoms with Gasteiger partial charge in [0, 0.05) is 31.9 Å². The summed E-state index contributed by atoms with van der Waals surface area (Å²) in [7, 11) is 0. The molecule has 116 valence electrons. The van der Waals surface area contributed by atoms with E-state index >= 15 is 0 Å². The third kappa shape index (κ3) is 3.55. The Morgan fingerprint density at radius 2 is 2.41 bits per heavy atom. The lowest BCUT2D eigenvalue weighted by Gasteiger charge is -2.05. The molecule has 0 saturated carbocycles. The highest BCUT2D eigenvalue weighted by atomic mass is 16.6. The number of hydrogen-bond donors (Lipinski definition) is 1. The minimum Gasteiger partial charge on any atom is -0.465 e. The van der Waals surface area contributed by atoms with Gasteiger partial charge in [-0.1, -0.05) is 5.16 Å². The smallest absolute Gasteiger partial charge is 0.269 e. The van der Waals surface area contributed by atoms with Crippen molar-refractivity contribution in [2.24, 2.45) is 5.16 Å². The highest BCUT2D eigenvalue weighted by Crippen LogP contribution is 2.27. The Kier molecular flexibility index (Phi) is 4.53. The van der Waals surface area contributed by atoms with Crippen molar-refractivity contribution in [2.75, 3.05) is 6.54 Å². The molecule has 0 radical (unpaired) electrons. The molecule has 1 amide bonds. The quantitative estimate of drug-likeness (QED) is 0.792. The molecule has 1 atom stereocenters. The second kappa shape index (κ2) is 6.93. The van der Waals surface area contributed by atoms with Gasteiger partial charge in [0.15, 0.2) is 6.10 Å². The van der Waals surface area contributed by atoms with Crippen molar-refractivity contribution < 1.29 is 14.0 Å². The van der Waals surface area contributed by atoms with Gasteiger partial charge >= 0.3 is 0 Å². The van der Waals surface area contributed by atoms with Crippen molar-refractivity contribution in [1.82, 2.24) is 14.9 Å². The van der Waals surface area contributed by atoms with Crippen LogP contribution in [0.15, 0.2) is 46.7 Å². The number of unbranched alkanes of at least 4 members (excludes halogenated alkanes) is 1. The SMILES string of the molecule is O=C(NCCCCn1ccnc1)C1=NOC(c2ccco2)C1. The summed E-state index contributed by atoms with van der Waals surface area (Å²) in [4.78, 5) is 21.2. The molecule has 3 heterocycles. The third-order valence-electron chi connectivity index (χ3n) is 3.48. The lowest BCUT2D eigenvalue weighted by molar-refractivity contribution is -0.114. The van der Waals surface area contributed by atoms with Gasteiger partial charge in [0.1, 0.15) is 11.5 Å². The van der Waals surface area contributed by atoms with Gasteiger partial charge in [-0.2, -0.15) is 0 Å². The van der Waals surface area contributed by atoms with Gasteiger partial charge in [-0.05, 0) is 25.0 Å². The fourth-order valence-electron chi connectivity index (χ4n) is 2.28. The molecular weight excluding hydrogens is 284 g/mol. The normalized spacial score (nSPS) is 17.1. The number of carbonyl (C=O) groups excluding carboxylic acids is 1. The molecule has 2 aromatic heterocycles. The summed E-state index contributed by atoms with van der Waals surface area (Å²) in [5, 5.41) is 6.71. The standard InChI is InChI=1S/C15H18N4O3/c20-15(17-5-1-2-7-19-8-6-16-11-19)12-10-14(22-18-12)13-4-3-9-21-13/h3-4,6,8-9,11,14H,1-2,5,7,10H2,(H,17,20). The van der Waals surface area contributed by atoms with Crippen LogP contribution in [0.5, 0.6) is 0 Å². The van der Waals surface area contributed by atoms with E-state index in [2.05, 4.69) is 15.5 Å². The first-order valence-electron chi connectivity index (χ1n) is 7.33. The fraction of sp³-hybridized carbons (Fsp3) is 0.400. The molecule has 1 unspecified atom stereocenters. The molecule has 1 aliphatic rings. The van der Waals surface area contributed by atoms with Crippen molar-refractivity contribution in [3.8, 4) is 0 Å². The average molecular weight is 302 g/mol. The van der Waals surface area contributed by atoms with E-state index in [9.17, 15) is 4.79 Å². The summed E-state index contributed by atoms with van der Waals surface area (Å²) in [6, 6.07) is 3.61. The third-order valence-corrected chi connectivity index (χ3v) is 3.48. The molecule has 7 nitrogen and oxygen atoms in total. The van der Waals surface area contributed by atoms with Gasteiger partial charge in [-0.15, -0.1) is 0 Å². The molecule has 0 bridgehead atoms. The van der Waals surface area contributed by atoms with Crippen molar-refractivity contribution >= 4 is 11.6 Å². The Bertz CT molecular complexity index is 619. The number of amides is 1. The molecule has 0 aliphatic carbocycles. The summed E-state index contributed by atoms with van der Waals surface area (Å²) >= 11 is 0. The highest BCUT2D eigenvalue weighted by molar-refractivity contribution is 6.39. The maximum Gasteiger partial charge on any atom is 0.269 e. The zero-order chi connectivity index (χ0) is 15.2. The Balaban J connectivity index is 1.34. The van der Waals surface area contributed by atoms with E-state index in [-0.39, 0.29) is 12.0 Å². The topological polar surface area (TPSA) is 81.7 Å². The molecule has 7 heteroatoms. The summed E-state index contributed by atoms with van der Waals surface area (Å²) in [5.41, 5.74) is 0.413. The first-order chi connectivity index (χ1) is 10.8. The number of hydrogen-bond acceptors (Lipinski definition) is 5. The zero-order valence-electron chi connectivity index (χ0n) is 12.1. The number of aryl methyl sites for hydroxylation is 1. The molecule has 0 fully saturated rings. The molecular formula is C15H18N4O3. The zero-order valence-corrected chi connectivity index (χ0v) is 12.1. The van der Waals surface area contributed by atoms with Crippen molar-refractivity contribution in [3.05, 3.63) is 42.9 Å². The van der Waals surface area contributed by atoms with Crippen LogP contribution in [0.3, 0.4) is 0 Å². The lowest BCUT2D eigenvalue weighted by Crippen LogP contribution is -2.31. The van der Waals surface area contributed by atoms with Gasteiger partial charge < -0.3 is 19.1 Å². The number of nitrogens with one attached hydrogen (secondary N) is 1. The summed E-state index contributed by atoms with van der Waals surface area (Å²) in [6.45, 7) is 1.53. The van der Waals surface area contributed by atoms with E-state index in [1.807, 2.05) is 16.8 Å². The summed E-state index contributed by atoms with van der Waals surface area (Å²) < 4.78 is 7.28. The number of imidazole rings is 1. The summed E-state index contributed by atoms with van der Waals surface area (Å²) in [6.07, 6.45) is 9.09. The Labute approximate surface area is 128 Å². The number of rotatable bonds is 7. The van der Waals surface area contributed by atoms with Crippen LogP contribution in [0, 0.1) is 0 Å². The predicted molar refractivity (Wildman–Crippen MR) is 79.1 cm³/mol. The van der Waals surface area contributed by atoms with Crippen molar-refractivity contribution in [2.45, 2.75) is 31.9 Å². The highest BCUT2D eigenvalue weighted by Gasteiger charge is 2.28. The molecule has 0 aromatic carbocycles. The van der Waals surface area contributed by atoms with Gasteiger partial charge in [0.05, 0.1) is 12.6 Å². The second-order valence-electron chi connectivity index (χ2n) is 5.12. The van der Waals surface area contributed by atoms with Crippen molar-refractivity contribution in [1.29, 1.82) is 0 Å². The van der Waals surface area contributed by atoms with Crippen LogP contribution in [-0.4, -0.2) is 27.7 Å². The minimum absolute atomic E-state index is 0.170. The molecule has 22 heavy (non-hydrogen) atoms. The monoisotopic (exact) mass is 302 g/mol. The van der Waals surface area contributed by atoms with Crippen LogP contribution in [0.1, 0.15) is 31.1 Å². The predicted octanol–water partition coefficient (Wildman–Crippen LogP) is 1.89. The Hall–Kier alpha value is -2.57. The van der Waals surface area contributed by atoms with E-state index in [0.29, 0.717) is 24.4 Å². The first kappa shape index (κ1) is 14.4. The van der Waals surface area contributed by atoms with E-state index in [1.54, 1.807) is 24.9 Å². The molecule has 1 aliphatic heterocycles. The number of carbonyl (C=O) groups is 1. The Morgan fingerprint density at radius 3 is 3.18 bits per heavy atom. The Morgan fingerprint density at radius 1 is 1.45 bits per heavy atom. The number of nitrogens with zero attached hydrogens (tertiary/aromatic N) is 3. The van der Waals surface area contributed by atoms with Crippen LogP contribution in [0.4, 0.5) is 0 Å².